The average molecular weight is 269 g/mol. The number of nitrogens with one attached hydrogen (secondary N) is 1. The van der Waals surface area contributed by atoms with Crippen molar-refractivity contribution in [3.8, 4) is 0 Å². The number of benzene rings is 1. The first kappa shape index (κ1) is 13.5. The largest absolute Gasteiger partial charge is 0.375 e. The van der Waals surface area contributed by atoms with Gasteiger partial charge < -0.3 is 9.88 Å². The third-order valence-corrected chi connectivity index (χ3v) is 2.70. The number of rotatable bonds is 5. The van der Waals surface area contributed by atoms with Crippen LogP contribution in [0.4, 0.5) is 18.9 Å². The highest BCUT2D eigenvalue weighted by Crippen LogP contribution is 2.19. The molecule has 2 aromatic rings. The lowest BCUT2D eigenvalue weighted by Gasteiger charge is -2.10. The van der Waals surface area contributed by atoms with E-state index in [1.54, 1.807) is 6.20 Å². The molecule has 0 aliphatic rings. The Morgan fingerprint density at radius 3 is 2.79 bits per heavy atom. The summed E-state index contributed by atoms with van der Waals surface area (Å²) < 4.78 is 41.4. The fourth-order valence-electron chi connectivity index (χ4n) is 1.81. The van der Waals surface area contributed by atoms with Crippen LogP contribution in [0.25, 0.3) is 0 Å². The first-order valence-electron chi connectivity index (χ1n) is 6.00. The number of hydrogen-bond donors (Lipinski definition) is 1. The van der Waals surface area contributed by atoms with Gasteiger partial charge in [-0.2, -0.15) is 0 Å². The standard InChI is InChI=1S/C13H14F3N3/c1-2-4-19-5-3-17-12(19)8-18-11-7-9(14)6-10(15)13(11)16/h3,5-7,18H,2,4,8H2,1H3. The van der Waals surface area contributed by atoms with Crippen LogP contribution in [-0.4, -0.2) is 9.55 Å². The van der Waals surface area contributed by atoms with Gasteiger partial charge in [0.15, 0.2) is 11.6 Å². The Balaban J connectivity index is 2.12. The van der Waals surface area contributed by atoms with Gasteiger partial charge in [0.1, 0.15) is 11.6 Å². The molecule has 0 saturated carbocycles. The van der Waals surface area contributed by atoms with Gasteiger partial charge in [0.05, 0.1) is 12.2 Å². The zero-order chi connectivity index (χ0) is 13.8. The molecule has 1 aromatic heterocycles. The number of nitrogens with zero attached hydrogens (tertiary/aromatic N) is 2. The summed E-state index contributed by atoms with van der Waals surface area (Å²) in [6.45, 7) is 3.02. The van der Waals surface area contributed by atoms with Gasteiger partial charge >= 0.3 is 0 Å². The molecule has 0 aliphatic carbocycles. The van der Waals surface area contributed by atoms with Crippen LogP contribution >= 0.6 is 0 Å². The summed E-state index contributed by atoms with van der Waals surface area (Å²) in [5, 5.41) is 2.66. The van der Waals surface area contributed by atoms with Crippen molar-refractivity contribution in [3.63, 3.8) is 0 Å². The van der Waals surface area contributed by atoms with Crippen LogP contribution in [0.2, 0.25) is 0 Å². The normalized spacial score (nSPS) is 10.7. The minimum Gasteiger partial charge on any atom is -0.375 e. The lowest BCUT2D eigenvalue weighted by Crippen LogP contribution is -2.10. The summed E-state index contributed by atoms with van der Waals surface area (Å²) in [5.41, 5.74) is -0.205. The van der Waals surface area contributed by atoms with Crippen LogP contribution in [0.3, 0.4) is 0 Å². The van der Waals surface area contributed by atoms with E-state index in [1.807, 2.05) is 17.7 Å². The lowest BCUT2D eigenvalue weighted by molar-refractivity contribution is 0.497. The summed E-state index contributed by atoms with van der Waals surface area (Å²) in [6.07, 6.45) is 4.38. The maximum Gasteiger partial charge on any atom is 0.182 e. The van der Waals surface area contributed by atoms with Crippen molar-refractivity contribution < 1.29 is 13.2 Å². The van der Waals surface area contributed by atoms with E-state index in [0.717, 1.165) is 19.0 Å². The topological polar surface area (TPSA) is 29.9 Å². The second-order valence-corrected chi connectivity index (χ2v) is 4.14. The van der Waals surface area contributed by atoms with Gasteiger partial charge in [0, 0.05) is 31.1 Å². The number of anilines is 1. The molecule has 0 radical (unpaired) electrons. The number of halogens is 3. The number of imidazole rings is 1. The monoisotopic (exact) mass is 269 g/mol. The molecule has 0 spiro atoms. The molecule has 1 N–H and O–H groups in total. The van der Waals surface area contributed by atoms with E-state index in [-0.39, 0.29) is 12.2 Å². The van der Waals surface area contributed by atoms with E-state index in [1.165, 1.54) is 0 Å². The molecule has 3 nitrogen and oxygen atoms in total. The Morgan fingerprint density at radius 2 is 2.05 bits per heavy atom. The van der Waals surface area contributed by atoms with Gasteiger partial charge in [-0.25, -0.2) is 18.2 Å². The van der Waals surface area contributed by atoms with Crippen molar-refractivity contribution in [3.05, 3.63) is 47.8 Å². The summed E-state index contributed by atoms with van der Waals surface area (Å²) in [4.78, 5) is 4.11. The smallest absolute Gasteiger partial charge is 0.182 e. The summed E-state index contributed by atoms with van der Waals surface area (Å²) in [6, 6.07) is 1.43. The number of aryl methyl sites for hydroxylation is 1. The predicted octanol–water partition coefficient (Wildman–Crippen LogP) is 3.32. The molecule has 6 heteroatoms. The van der Waals surface area contributed by atoms with Crippen molar-refractivity contribution >= 4 is 5.69 Å². The number of aromatic nitrogens is 2. The van der Waals surface area contributed by atoms with Gasteiger partial charge in [0.25, 0.3) is 0 Å². The van der Waals surface area contributed by atoms with Gasteiger partial charge in [0.2, 0.25) is 0 Å². The molecule has 0 aliphatic heterocycles. The van der Waals surface area contributed by atoms with Crippen LogP contribution in [0.5, 0.6) is 0 Å². The van der Waals surface area contributed by atoms with E-state index >= 15 is 0 Å². The van der Waals surface area contributed by atoms with Crippen LogP contribution in [0.1, 0.15) is 19.2 Å². The molecule has 0 bridgehead atoms. The van der Waals surface area contributed by atoms with Crippen LogP contribution in [0, 0.1) is 17.5 Å². The predicted molar refractivity (Wildman–Crippen MR) is 66.2 cm³/mol. The Morgan fingerprint density at radius 1 is 1.26 bits per heavy atom. The quantitative estimate of drug-likeness (QED) is 0.844. The van der Waals surface area contributed by atoms with Crippen molar-refractivity contribution in [2.75, 3.05) is 5.32 Å². The molecule has 1 aromatic carbocycles. The second kappa shape index (κ2) is 5.77. The summed E-state index contributed by atoms with van der Waals surface area (Å²) in [5.74, 6) is -2.43. The van der Waals surface area contributed by atoms with Crippen molar-refractivity contribution in [1.82, 2.24) is 9.55 Å². The molecule has 0 unspecified atom stereocenters. The van der Waals surface area contributed by atoms with Crippen molar-refractivity contribution in [2.45, 2.75) is 26.4 Å². The van der Waals surface area contributed by atoms with E-state index in [0.29, 0.717) is 11.9 Å². The molecule has 0 amide bonds. The Kier molecular flexibility index (Phi) is 4.09. The molecular weight excluding hydrogens is 255 g/mol. The molecule has 0 saturated heterocycles. The summed E-state index contributed by atoms with van der Waals surface area (Å²) >= 11 is 0. The molecular formula is C13H14F3N3. The number of hydrogen-bond acceptors (Lipinski definition) is 2. The average Bonchev–Trinajstić information content (AvgIpc) is 2.80. The van der Waals surface area contributed by atoms with Crippen LogP contribution in [-0.2, 0) is 13.1 Å². The van der Waals surface area contributed by atoms with E-state index < -0.39 is 17.5 Å². The zero-order valence-corrected chi connectivity index (χ0v) is 10.5. The highest BCUT2D eigenvalue weighted by atomic mass is 19.2. The van der Waals surface area contributed by atoms with Crippen LogP contribution < -0.4 is 5.32 Å². The first-order valence-corrected chi connectivity index (χ1v) is 6.00. The molecule has 19 heavy (non-hydrogen) atoms. The minimum atomic E-state index is -1.21. The molecule has 0 atom stereocenters. The Hall–Kier alpha value is -1.98. The maximum absolute atomic E-state index is 13.4. The maximum atomic E-state index is 13.4. The summed E-state index contributed by atoms with van der Waals surface area (Å²) in [7, 11) is 0. The molecule has 102 valence electrons. The fourth-order valence-corrected chi connectivity index (χ4v) is 1.81. The minimum absolute atomic E-state index is 0.201. The SMILES string of the molecule is CCCn1ccnc1CNc1cc(F)cc(F)c1F. The Labute approximate surface area is 109 Å². The molecule has 1 heterocycles. The molecule has 0 fully saturated rings. The van der Waals surface area contributed by atoms with Gasteiger partial charge in [-0.05, 0) is 6.42 Å². The third-order valence-electron chi connectivity index (χ3n) is 2.70. The zero-order valence-electron chi connectivity index (χ0n) is 10.5. The van der Waals surface area contributed by atoms with Crippen molar-refractivity contribution in [2.24, 2.45) is 0 Å². The molecule has 2 rings (SSSR count). The van der Waals surface area contributed by atoms with Gasteiger partial charge in [-0.3, -0.25) is 0 Å². The lowest BCUT2D eigenvalue weighted by atomic mass is 10.3. The Bertz CT molecular complexity index is 566. The third kappa shape index (κ3) is 3.07. The highest BCUT2D eigenvalue weighted by molar-refractivity contribution is 5.45. The van der Waals surface area contributed by atoms with Crippen LogP contribution in [0.15, 0.2) is 24.5 Å². The van der Waals surface area contributed by atoms with E-state index in [9.17, 15) is 13.2 Å². The van der Waals surface area contributed by atoms with Gasteiger partial charge in [-0.1, -0.05) is 6.92 Å². The van der Waals surface area contributed by atoms with E-state index in [4.69, 9.17) is 0 Å². The van der Waals surface area contributed by atoms with E-state index in [2.05, 4.69) is 10.3 Å². The second-order valence-electron chi connectivity index (χ2n) is 4.14. The first-order chi connectivity index (χ1) is 9.11. The van der Waals surface area contributed by atoms with Gasteiger partial charge in [-0.15, -0.1) is 0 Å². The van der Waals surface area contributed by atoms with Crippen molar-refractivity contribution in [1.29, 1.82) is 0 Å². The fraction of sp³-hybridized carbons (Fsp3) is 0.308. The highest BCUT2D eigenvalue weighted by Gasteiger charge is 2.11.